The Hall–Kier alpha value is -2.96. The van der Waals surface area contributed by atoms with Gasteiger partial charge in [0.1, 0.15) is 6.29 Å². The number of rotatable bonds is 5. The first-order valence-corrected chi connectivity index (χ1v) is 7.50. The lowest BCUT2D eigenvalue weighted by molar-refractivity contribution is -0.133. The number of carbonyl (C=O) groups excluding carboxylic acids is 1. The molecule has 2 aromatic carbocycles. The molecule has 0 amide bonds. The van der Waals surface area contributed by atoms with Crippen molar-refractivity contribution in [3.63, 3.8) is 0 Å². The Kier molecular flexibility index (Phi) is 4.65. The number of halogens is 3. The molecule has 0 N–H and O–H groups in total. The van der Waals surface area contributed by atoms with Crippen molar-refractivity contribution in [1.29, 1.82) is 0 Å². The van der Waals surface area contributed by atoms with Crippen LogP contribution in [0.3, 0.4) is 0 Å². The number of hydrogen-bond donors (Lipinski definition) is 0. The van der Waals surface area contributed by atoms with Crippen molar-refractivity contribution < 1.29 is 22.5 Å². The minimum absolute atomic E-state index is 0.0675. The molecule has 3 rings (SSSR count). The molecule has 0 bridgehead atoms. The topological polar surface area (TPSA) is 56.0 Å². The molecule has 25 heavy (non-hydrogen) atoms. The highest BCUT2D eigenvalue weighted by Crippen LogP contribution is 2.25. The highest BCUT2D eigenvalue weighted by molar-refractivity contribution is 5.76. The number of aryl methyl sites for hydroxylation is 1. The van der Waals surface area contributed by atoms with Crippen molar-refractivity contribution >= 4 is 6.29 Å². The Morgan fingerprint density at radius 1 is 0.960 bits per heavy atom. The number of alkyl halides is 3. The first-order valence-electron chi connectivity index (χ1n) is 7.50. The molecule has 0 saturated heterocycles. The van der Waals surface area contributed by atoms with Crippen LogP contribution in [0.15, 0.2) is 53.1 Å². The van der Waals surface area contributed by atoms with Gasteiger partial charge in [-0.25, -0.2) is 0 Å². The molecular weight excluding hydrogens is 333 g/mol. The summed E-state index contributed by atoms with van der Waals surface area (Å²) in [6, 6.07) is 13.2. The van der Waals surface area contributed by atoms with Crippen LogP contribution in [-0.4, -0.2) is 22.6 Å². The van der Waals surface area contributed by atoms with Crippen LogP contribution >= 0.6 is 0 Å². The van der Waals surface area contributed by atoms with Gasteiger partial charge >= 0.3 is 6.18 Å². The molecule has 0 aliphatic carbocycles. The summed E-state index contributed by atoms with van der Waals surface area (Å²) in [6.07, 6.45) is -4.35. The predicted octanol–water partition coefficient (Wildman–Crippen LogP) is 4.71. The van der Waals surface area contributed by atoms with Crippen LogP contribution < -0.4 is 0 Å². The smallest absolute Gasteiger partial charge is 0.334 e. The molecule has 0 unspecified atom stereocenters. The Balaban J connectivity index is 1.74. The van der Waals surface area contributed by atoms with Gasteiger partial charge in [-0.05, 0) is 24.1 Å². The molecule has 0 fully saturated rings. The summed E-state index contributed by atoms with van der Waals surface area (Å²) >= 11 is 0. The number of benzene rings is 2. The summed E-state index contributed by atoms with van der Waals surface area (Å²) in [5.41, 5.74) is 2.45. The van der Waals surface area contributed by atoms with Gasteiger partial charge in [-0.3, -0.25) is 4.79 Å². The van der Waals surface area contributed by atoms with Crippen molar-refractivity contribution in [2.45, 2.75) is 19.0 Å². The van der Waals surface area contributed by atoms with E-state index >= 15 is 0 Å². The molecule has 0 aliphatic heterocycles. The lowest BCUT2D eigenvalue weighted by Crippen LogP contribution is -2.08. The monoisotopic (exact) mass is 346 g/mol. The lowest BCUT2D eigenvalue weighted by Gasteiger charge is -2.06. The van der Waals surface area contributed by atoms with Gasteiger partial charge in [-0.1, -0.05) is 41.6 Å². The molecule has 0 aliphatic rings. The van der Waals surface area contributed by atoms with Crippen LogP contribution in [0.2, 0.25) is 0 Å². The Labute approximate surface area is 141 Å². The number of aromatic nitrogens is 2. The van der Waals surface area contributed by atoms with Gasteiger partial charge in [-0.15, -0.1) is 0 Å². The average molecular weight is 346 g/mol. The van der Waals surface area contributed by atoms with E-state index in [4.69, 9.17) is 4.52 Å². The molecule has 3 aromatic rings. The first kappa shape index (κ1) is 16.9. The zero-order valence-corrected chi connectivity index (χ0v) is 13.0. The van der Waals surface area contributed by atoms with Crippen molar-refractivity contribution in [3.8, 4) is 22.8 Å². The summed E-state index contributed by atoms with van der Waals surface area (Å²) in [5.74, 6) is 0.644. The maximum Gasteiger partial charge on any atom is 0.389 e. The third-order valence-electron chi connectivity index (χ3n) is 3.63. The van der Waals surface area contributed by atoms with Crippen LogP contribution in [0, 0.1) is 0 Å². The Bertz CT molecular complexity index is 853. The Morgan fingerprint density at radius 2 is 1.60 bits per heavy atom. The van der Waals surface area contributed by atoms with Gasteiger partial charge in [0, 0.05) is 23.1 Å². The molecule has 128 valence electrons. The molecule has 0 spiro atoms. The molecule has 1 heterocycles. The fourth-order valence-electron chi connectivity index (χ4n) is 2.27. The normalized spacial score (nSPS) is 11.5. The van der Waals surface area contributed by atoms with Crippen LogP contribution in [0.25, 0.3) is 22.8 Å². The molecular formula is C18H13F3N2O2. The minimum atomic E-state index is -4.17. The van der Waals surface area contributed by atoms with E-state index in [-0.39, 0.29) is 12.3 Å². The number of carbonyl (C=O) groups is 1. The fourth-order valence-corrected chi connectivity index (χ4v) is 2.27. The SMILES string of the molecule is O=Cc1ccc(-c2noc(-c3ccc(CCC(F)(F)F)cc3)n2)cc1. The van der Waals surface area contributed by atoms with E-state index < -0.39 is 12.6 Å². The summed E-state index contributed by atoms with van der Waals surface area (Å²) in [6.45, 7) is 0. The first-order chi connectivity index (χ1) is 11.9. The van der Waals surface area contributed by atoms with Crippen molar-refractivity contribution in [2.24, 2.45) is 0 Å². The van der Waals surface area contributed by atoms with E-state index in [1.54, 1.807) is 48.5 Å². The summed E-state index contributed by atoms with van der Waals surface area (Å²) in [4.78, 5) is 14.9. The average Bonchev–Trinajstić information content (AvgIpc) is 3.10. The van der Waals surface area contributed by atoms with E-state index in [2.05, 4.69) is 10.1 Å². The van der Waals surface area contributed by atoms with E-state index in [0.29, 0.717) is 28.1 Å². The predicted molar refractivity (Wildman–Crippen MR) is 84.9 cm³/mol. The van der Waals surface area contributed by atoms with Gasteiger partial charge in [0.2, 0.25) is 5.82 Å². The van der Waals surface area contributed by atoms with E-state index in [1.807, 2.05) is 0 Å². The van der Waals surface area contributed by atoms with Gasteiger partial charge in [0.05, 0.1) is 0 Å². The van der Waals surface area contributed by atoms with E-state index in [0.717, 1.165) is 6.29 Å². The maximum absolute atomic E-state index is 12.2. The third-order valence-corrected chi connectivity index (χ3v) is 3.63. The number of nitrogens with zero attached hydrogens (tertiary/aromatic N) is 2. The van der Waals surface area contributed by atoms with E-state index in [1.165, 1.54) is 0 Å². The second-order valence-electron chi connectivity index (χ2n) is 5.48. The van der Waals surface area contributed by atoms with Crippen molar-refractivity contribution in [2.75, 3.05) is 0 Å². The van der Waals surface area contributed by atoms with Crippen LogP contribution in [0.1, 0.15) is 22.3 Å². The van der Waals surface area contributed by atoms with Gasteiger partial charge < -0.3 is 4.52 Å². The molecule has 0 saturated carbocycles. The molecule has 0 atom stereocenters. The van der Waals surface area contributed by atoms with Gasteiger partial charge in [0.25, 0.3) is 5.89 Å². The van der Waals surface area contributed by atoms with E-state index in [9.17, 15) is 18.0 Å². The zero-order chi connectivity index (χ0) is 17.9. The summed E-state index contributed by atoms with van der Waals surface area (Å²) in [5, 5.41) is 3.89. The largest absolute Gasteiger partial charge is 0.389 e. The Morgan fingerprint density at radius 3 is 2.20 bits per heavy atom. The quantitative estimate of drug-likeness (QED) is 0.628. The standard InChI is InChI=1S/C18H13F3N2O2/c19-18(20,21)10-9-12-1-7-15(8-2-12)17-22-16(23-25-17)14-5-3-13(11-24)4-6-14/h1-8,11H,9-10H2. The second-order valence-corrected chi connectivity index (χ2v) is 5.48. The summed E-state index contributed by atoms with van der Waals surface area (Å²) in [7, 11) is 0. The molecule has 0 radical (unpaired) electrons. The number of hydrogen-bond acceptors (Lipinski definition) is 4. The third kappa shape index (κ3) is 4.32. The van der Waals surface area contributed by atoms with Crippen molar-refractivity contribution in [3.05, 3.63) is 59.7 Å². The highest BCUT2D eigenvalue weighted by Gasteiger charge is 2.26. The number of aldehydes is 1. The highest BCUT2D eigenvalue weighted by atomic mass is 19.4. The second kappa shape index (κ2) is 6.88. The molecule has 4 nitrogen and oxygen atoms in total. The minimum Gasteiger partial charge on any atom is -0.334 e. The zero-order valence-electron chi connectivity index (χ0n) is 13.0. The molecule has 1 aromatic heterocycles. The lowest BCUT2D eigenvalue weighted by atomic mass is 10.1. The van der Waals surface area contributed by atoms with Gasteiger partial charge in [0.15, 0.2) is 0 Å². The summed E-state index contributed by atoms with van der Waals surface area (Å²) < 4.78 is 41.9. The van der Waals surface area contributed by atoms with Crippen molar-refractivity contribution in [1.82, 2.24) is 10.1 Å². The molecule has 7 heteroatoms. The fraction of sp³-hybridized carbons (Fsp3) is 0.167. The van der Waals surface area contributed by atoms with Crippen LogP contribution in [0.4, 0.5) is 13.2 Å². The van der Waals surface area contributed by atoms with Gasteiger partial charge in [-0.2, -0.15) is 18.2 Å². The van der Waals surface area contributed by atoms with Crippen LogP contribution in [0.5, 0.6) is 0 Å². The van der Waals surface area contributed by atoms with Crippen LogP contribution in [-0.2, 0) is 6.42 Å². The maximum atomic E-state index is 12.2.